The number of aromatic nitrogens is 1. The van der Waals surface area contributed by atoms with Gasteiger partial charge in [-0.3, -0.25) is 4.79 Å². The molecule has 0 aliphatic heterocycles. The van der Waals surface area contributed by atoms with Crippen LogP contribution < -0.4 is 14.8 Å². The Balaban J connectivity index is 2.02. The molecule has 1 amide bonds. The number of pyridine rings is 1. The summed E-state index contributed by atoms with van der Waals surface area (Å²) in [6.45, 7) is 2.78. The number of hydrogen-bond acceptors (Lipinski definition) is 5. The normalized spacial score (nSPS) is 10.3. The van der Waals surface area contributed by atoms with Gasteiger partial charge in [-0.15, -0.1) is 0 Å². The first-order valence-electron chi connectivity index (χ1n) is 8.42. The Morgan fingerprint density at radius 1 is 1.20 bits per heavy atom. The standard InChI is InChI=1S/C19H24N2O4/c1-3-4-5-6-12-25-16-10-9-14(13-17(16)24-2)19(23)21-18-15(22)8-7-11-20-18/h7-11,13,22H,3-6,12H2,1-2H3,(H,20,21,23). The Kier molecular flexibility index (Phi) is 7.07. The molecule has 1 aromatic carbocycles. The molecule has 2 aromatic rings. The number of amides is 1. The molecule has 0 atom stereocenters. The minimum Gasteiger partial charge on any atom is -0.504 e. The van der Waals surface area contributed by atoms with Crippen molar-refractivity contribution in [2.24, 2.45) is 0 Å². The molecule has 1 aromatic heterocycles. The number of unbranched alkanes of at least 4 members (excludes halogenated alkanes) is 3. The number of carbonyl (C=O) groups is 1. The molecular weight excluding hydrogens is 320 g/mol. The van der Waals surface area contributed by atoms with Gasteiger partial charge in [-0.2, -0.15) is 0 Å². The number of ether oxygens (including phenoxy) is 2. The van der Waals surface area contributed by atoms with Crippen molar-refractivity contribution in [1.29, 1.82) is 0 Å². The highest BCUT2D eigenvalue weighted by Crippen LogP contribution is 2.29. The van der Waals surface area contributed by atoms with Gasteiger partial charge in [0.2, 0.25) is 0 Å². The molecule has 6 nitrogen and oxygen atoms in total. The van der Waals surface area contributed by atoms with Crippen LogP contribution in [0.3, 0.4) is 0 Å². The van der Waals surface area contributed by atoms with Crippen LogP contribution in [0, 0.1) is 0 Å². The fraction of sp³-hybridized carbons (Fsp3) is 0.368. The lowest BCUT2D eigenvalue weighted by Gasteiger charge is -2.12. The molecule has 2 N–H and O–H groups in total. The molecule has 1 heterocycles. The Labute approximate surface area is 147 Å². The predicted octanol–water partition coefficient (Wildman–Crippen LogP) is 4.01. The number of nitrogens with one attached hydrogen (secondary N) is 1. The van der Waals surface area contributed by atoms with Crippen molar-refractivity contribution in [3.63, 3.8) is 0 Å². The Morgan fingerprint density at radius 3 is 2.76 bits per heavy atom. The average Bonchev–Trinajstić information content (AvgIpc) is 2.63. The van der Waals surface area contributed by atoms with E-state index in [9.17, 15) is 9.90 Å². The van der Waals surface area contributed by atoms with Crippen LogP contribution in [0.1, 0.15) is 43.0 Å². The van der Waals surface area contributed by atoms with E-state index >= 15 is 0 Å². The third-order valence-electron chi connectivity index (χ3n) is 3.70. The third-order valence-corrected chi connectivity index (χ3v) is 3.70. The van der Waals surface area contributed by atoms with Crippen molar-refractivity contribution in [2.45, 2.75) is 32.6 Å². The average molecular weight is 344 g/mol. The number of anilines is 1. The van der Waals surface area contributed by atoms with Crippen LogP contribution in [0.15, 0.2) is 36.5 Å². The molecule has 0 fully saturated rings. The number of hydrogen-bond donors (Lipinski definition) is 2. The molecule has 0 unspecified atom stereocenters. The molecule has 0 spiro atoms. The smallest absolute Gasteiger partial charge is 0.257 e. The van der Waals surface area contributed by atoms with Gasteiger partial charge in [-0.05, 0) is 36.8 Å². The molecule has 0 aliphatic carbocycles. The van der Waals surface area contributed by atoms with Crippen LogP contribution in [-0.4, -0.2) is 29.7 Å². The fourth-order valence-corrected chi connectivity index (χ4v) is 2.31. The van der Waals surface area contributed by atoms with Gasteiger partial charge in [0.25, 0.3) is 5.91 Å². The number of rotatable bonds is 9. The van der Waals surface area contributed by atoms with E-state index in [4.69, 9.17) is 9.47 Å². The number of aromatic hydroxyl groups is 1. The van der Waals surface area contributed by atoms with Crippen molar-refractivity contribution in [1.82, 2.24) is 4.98 Å². The predicted molar refractivity (Wildman–Crippen MR) is 96.5 cm³/mol. The van der Waals surface area contributed by atoms with E-state index < -0.39 is 0 Å². The van der Waals surface area contributed by atoms with Gasteiger partial charge < -0.3 is 19.9 Å². The zero-order valence-corrected chi connectivity index (χ0v) is 14.6. The van der Waals surface area contributed by atoms with Gasteiger partial charge in [0, 0.05) is 11.8 Å². The largest absolute Gasteiger partial charge is 0.504 e. The minimum absolute atomic E-state index is 0.0881. The third kappa shape index (κ3) is 5.38. The molecule has 0 saturated carbocycles. The maximum absolute atomic E-state index is 12.3. The van der Waals surface area contributed by atoms with Crippen LogP contribution in [0.25, 0.3) is 0 Å². The lowest BCUT2D eigenvalue weighted by Crippen LogP contribution is -2.13. The van der Waals surface area contributed by atoms with E-state index in [0.717, 1.165) is 12.8 Å². The molecule has 2 rings (SSSR count). The first-order chi connectivity index (χ1) is 12.2. The highest BCUT2D eigenvalue weighted by Gasteiger charge is 2.13. The number of benzene rings is 1. The van der Waals surface area contributed by atoms with Crippen LogP contribution in [0.5, 0.6) is 17.2 Å². The van der Waals surface area contributed by atoms with E-state index in [1.54, 1.807) is 24.3 Å². The van der Waals surface area contributed by atoms with Gasteiger partial charge in [0.1, 0.15) is 0 Å². The Bertz CT molecular complexity index is 704. The summed E-state index contributed by atoms with van der Waals surface area (Å²) in [7, 11) is 1.53. The maximum Gasteiger partial charge on any atom is 0.257 e. The summed E-state index contributed by atoms with van der Waals surface area (Å²) in [6.07, 6.45) is 5.98. The first kappa shape index (κ1) is 18.6. The second kappa shape index (κ2) is 9.52. The van der Waals surface area contributed by atoms with Gasteiger partial charge in [0.05, 0.1) is 13.7 Å². The van der Waals surface area contributed by atoms with Crippen LogP contribution in [0.2, 0.25) is 0 Å². The summed E-state index contributed by atoms with van der Waals surface area (Å²) in [4.78, 5) is 16.3. The van der Waals surface area contributed by atoms with Crippen LogP contribution in [-0.2, 0) is 0 Å². The molecule has 6 heteroatoms. The summed E-state index contributed by atoms with van der Waals surface area (Å²) >= 11 is 0. The van der Waals surface area contributed by atoms with E-state index in [1.165, 1.54) is 32.2 Å². The second-order valence-electron chi connectivity index (χ2n) is 5.60. The van der Waals surface area contributed by atoms with E-state index in [-0.39, 0.29) is 17.5 Å². The zero-order chi connectivity index (χ0) is 18.1. The number of methoxy groups -OCH3 is 1. The van der Waals surface area contributed by atoms with Gasteiger partial charge in [0.15, 0.2) is 23.1 Å². The lowest BCUT2D eigenvalue weighted by molar-refractivity contribution is 0.102. The van der Waals surface area contributed by atoms with Crippen molar-refractivity contribution < 1.29 is 19.4 Å². The lowest BCUT2D eigenvalue weighted by atomic mass is 10.2. The fourth-order valence-electron chi connectivity index (χ4n) is 2.31. The summed E-state index contributed by atoms with van der Waals surface area (Å²) < 4.78 is 11.1. The summed E-state index contributed by atoms with van der Waals surface area (Å²) in [5.41, 5.74) is 0.389. The first-order valence-corrected chi connectivity index (χ1v) is 8.42. The molecule has 0 saturated heterocycles. The summed E-state index contributed by atoms with van der Waals surface area (Å²) in [5, 5.41) is 12.3. The molecular formula is C19H24N2O4. The monoisotopic (exact) mass is 344 g/mol. The minimum atomic E-state index is -0.387. The van der Waals surface area contributed by atoms with Gasteiger partial charge in [-0.25, -0.2) is 4.98 Å². The van der Waals surface area contributed by atoms with Gasteiger partial charge in [-0.1, -0.05) is 26.2 Å². The van der Waals surface area contributed by atoms with E-state index in [1.807, 2.05) is 0 Å². The zero-order valence-electron chi connectivity index (χ0n) is 14.6. The van der Waals surface area contributed by atoms with Crippen molar-refractivity contribution >= 4 is 11.7 Å². The quantitative estimate of drug-likeness (QED) is 0.672. The summed E-state index contributed by atoms with van der Waals surface area (Å²) in [6, 6.07) is 8.01. The van der Waals surface area contributed by atoms with Crippen LogP contribution in [0.4, 0.5) is 5.82 Å². The molecule has 0 bridgehead atoms. The molecule has 134 valence electrons. The van der Waals surface area contributed by atoms with Crippen molar-refractivity contribution in [2.75, 3.05) is 19.0 Å². The van der Waals surface area contributed by atoms with Crippen molar-refractivity contribution in [3.05, 3.63) is 42.1 Å². The maximum atomic E-state index is 12.3. The molecule has 0 aliphatic rings. The summed E-state index contributed by atoms with van der Waals surface area (Å²) in [5.74, 6) is 0.740. The highest BCUT2D eigenvalue weighted by atomic mass is 16.5. The Morgan fingerprint density at radius 2 is 2.04 bits per heavy atom. The molecule has 25 heavy (non-hydrogen) atoms. The second-order valence-corrected chi connectivity index (χ2v) is 5.60. The highest BCUT2D eigenvalue weighted by molar-refractivity contribution is 6.04. The topological polar surface area (TPSA) is 80.7 Å². The number of carbonyl (C=O) groups excluding carboxylic acids is 1. The number of nitrogens with zero attached hydrogens (tertiary/aromatic N) is 1. The van der Waals surface area contributed by atoms with Crippen LogP contribution >= 0.6 is 0 Å². The van der Waals surface area contributed by atoms with Gasteiger partial charge >= 0.3 is 0 Å². The Hall–Kier alpha value is -2.76. The van der Waals surface area contributed by atoms with E-state index in [0.29, 0.717) is 23.7 Å². The molecule has 0 radical (unpaired) electrons. The van der Waals surface area contributed by atoms with Crippen molar-refractivity contribution in [3.8, 4) is 17.2 Å². The SMILES string of the molecule is CCCCCCOc1ccc(C(=O)Nc2ncccc2O)cc1OC. The van der Waals surface area contributed by atoms with E-state index in [2.05, 4.69) is 17.2 Å².